The van der Waals surface area contributed by atoms with E-state index in [1.165, 1.54) is 19.3 Å². The standard InChI is InChI=1S/C30H27N5O/c36-29(35-30-14-17-11-18(15-30)13-19(12-17)16-30)21-7-5-20(6-8-21)28-33-26-22-3-1-9-31-24(22)25-23(27(26)34-28)4-2-10-32-25/h1-10,17-19H,11-16H2,(H,33,34)(H,35,36). The SMILES string of the molecule is O=C(NC12CC3CC(CC(C3)C1)C2)c1ccc(-c2nc3c4cccnc4c4ncccc4c3[nH]2)cc1. The van der Waals surface area contributed by atoms with Gasteiger partial charge < -0.3 is 10.3 Å². The molecule has 5 aromatic rings. The van der Waals surface area contributed by atoms with E-state index in [1.54, 1.807) is 12.4 Å². The average molecular weight is 474 g/mol. The summed E-state index contributed by atoms with van der Waals surface area (Å²) in [6.45, 7) is 0. The Kier molecular flexibility index (Phi) is 4.17. The van der Waals surface area contributed by atoms with Crippen LogP contribution in [0.5, 0.6) is 0 Å². The van der Waals surface area contributed by atoms with Gasteiger partial charge in [0.1, 0.15) is 5.82 Å². The highest BCUT2D eigenvalue weighted by Gasteiger charge is 2.51. The summed E-state index contributed by atoms with van der Waals surface area (Å²) in [5, 5.41) is 5.47. The number of H-pyrrole nitrogens is 1. The zero-order valence-electron chi connectivity index (χ0n) is 20.0. The highest BCUT2D eigenvalue weighted by Crippen LogP contribution is 2.55. The summed E-state index contributed by atoms with van der Waals surface area (Å²) in [6, 6.07) is 15.8. The van der Waals surface area contributed by atoms with Crippen molar-refractivity contribution >= 4 is 38.7 Å². The van der Waals surface area contributed by atoms with Gasteiger partial charge in [-0.2, -0.15) is 0 Å². The van der Waals surface area contributed by atoms with Gasteiger partial charge in [-0.1, -0.05) is 12.1 Å². The number of hydrogen-bond acceptors (Lipinski definition) is 4. The number of imidazole rings is 1. The summed E-state index contributed by atoms with van der Waals surface area (Å²) in [6.07, 6.45) is 11.2. The van der Waals surface area contributed by atoms with Crippen molar-refractivity contribution in [1.82, 2.24) is 25.3 Å². The molecule has 3 aromatic heterocycles. The molecule has 36 heavy (non-hydrogen) atoms. The molecule has 2 N–H and O–H groups in total. The predicted molar refractivity (Wildman–Crippen MR) is 141 cm³/mol. The van der Waals surface area contributed by atoms with Crippen molar-refractivity contribution in [3.05, 3.63) is 66.5 Å². The Morgan fingerprint density at radius 1 is 0.806 bits per heavy atom. The van der Waals surface area contributed by atoms with Crippen LogP contribution in [0.1, 0.15) is 48.9 Å². The largest absolute Gasteiger partial charge is 0.347 e. The zero-order chi connectivity index (χ0) is 23.9. The fraction of sp³-hybridized carbons (Fsp3) is 0.333. The van der Waals surface area contributed by atoms with Crippen LogP contribution < -0.4 is 5.32 Å². The maximum absolute atomic E-state index is 13.3. The van der Waals surface area contributed by atoms with Crippen LogP contribution in [0.4, 0.5) is 0 Å². The molecule has 4 saturated carbocycles. The van der Waals surface area contributed by atoms with E-state index >= 15 is 0 Å². The summed E-state index contributed by atoms with van der Waals surface area (Å²) < 4.78 is 0. The summed E-state index contributed by atoms with van der Waals surface area (Å²) in [4.78, 5) is 30.9. The molecule has 178 valence electrons. The monoisotopic (exact) mass is 473 g/mol. The molecule has 6 heteroatoms. The van der Waals surface area contributed by atoms with Gasteiger partial charge in [0.2, 0.25) is 0 Å². The van der Waals surface area contributed by atoms with Gasteiger partial charge in [0.25, 0.3) is 5.91 Å². The number of benzene rings is 2. The lowest BCUT2D eigenvalue weighted by Gasteiger charge is -2.56. The van der Waals surface area contributed by atoms with Crippen molar-refractivity contribution < 1.29 is 4.79 Å². The normalized spacial score (nSPS) is 26.7. The summed E-state index contributed by atoms with van der Waals surface area (Å²) >= 11 is 0. The first-order valence-corrected chi connectivity index (χ1v) is 13.1. The van der Waals surface area contributed by atoms with Crippen LogP contribution in [0.2, 0.25) is 0 Å². The molecule has 4 bridgehead atoms. The fourth-order valence-corrected chi connectivity index (χ4v) is 7.84. The summed E-state index contributed by atoms with van der Waals surface area (Å²) in [5.41, 5.74) is 5.26. The van der Waals surface area contributed by atoms with Gasteiger partial charge in [-0.3, -0.25) is 14.8 Å². The lowest BCUT2D eigenvalue weighted by Crippen LogP contribution is -2.59. The Bertz CT molecular complexity index is 1560. The molecule has 0 aliphatic heterocycles. The maximum Gasteiger partial charge on any atom is 0.251 e. The minimum atomic E-state index is 0.0213. The number of aromatic amines is 1. The van der Waals surface area contributed by atoms with E-state index in [2.05, 4.69) is 26.3 Å². The number of hydrogen-bond donors (Lipinski definition) is 2. The second kappa shape index (κ2) is 7.36. The molecule has 0 radical (unpaired) electrons. The van der Waals surface area contributed by atoms with Crippen molar-refractivity contribution in [1.29, 1.82) is 0 Å². The minimum Gasteiger partial charge on any atom is -0.347 e. The third-order valence-corrected chi connectivity index (χ3v) is 8.91. The number of amides is 1. The van der Waals surface area contributed by atoms with Crippen molar-refractivity contribution in [2.24, 2.45) is 17.8 Å². The highest BCUT2D eigenvalue weighted by molar-refractivity contribution is 6.21. The number of aromatic nitrogens is 4. The second-order valence-electron chi connectivity index (χ2n) is 11.3. The van der Waals surface area contributed by atoms with Crippen LogP contribution in [0.25, 0.3) is 44.2 Å². The van der Waals surface area contributed by atoms with E-state index in [4.69, 9.17) is 4.98 Å². The van der Waals surface area contributed by atoms with E-state index in [9.17, 15) is 4.79 Å². The average Bonchev–Trinajstić information content (AvgIpc) is 3.34. The van der Waals surface area contributed by atoms with E-state index in [0.717, 1.165) is 86.8 Å². The number of fused-ring (bicyclic) bond motifs is 6. The molecule has 3 heterocycles. The first kappa shape index (κ1) is 20.4. The number of carbonyl (C=O) groups is 1. The van der Waals surface area contributed by atoms with Crippen LogP contribution >= 0.6 is 0 Å². The van der Waals surface area contributed by atoms with Crippen molar-refractivity contribution in [2.75, 3.05) is 0 Å². The van der Waals surface area contributed by atoms with E-state index in [1.807, 2.05) is 42.5 Å². The third-order valence-electron chi connectivity index (χ3n) is 8.91. The van der Waals surface area contributed by atoms with Crippen LogP contribution in [0.3, 0.4) is 0 Å². The fourth-order valence-electron chi connectivity index (χ4n) is 7.84. The molecule has 1 amide bonds. The molecule has 2 aromatic carbocycles. The summed E-state index contributed by atoms with van der Waals surface area (Å²) in [5.74, 6) is 3.26. The zero-order valence-corrected chi connectivity index (χ0v) is 20.0. The smallest absolute Gasteiger partial charge is 0.251 e. The number of pyridine rings is 2. The van der Waals surface area contributed by atoms with Gasteiger partial charge in [0.15, 0.2) is 0 Å². The Hall–Kier alpha value is -3.80. The van der Waals surface area contributed by atoms with E-state index in [0.29, 0.717) is 0 Å². The van der Waals surface area contributed by atoms with Crippen LogP contribution in [0.15, 0.2) is 60.9 Å². The lowest BCUT2D eigenvalue weighted by atomic mass is 9.53. The Balaban J connectivity index is 1.13. The Morgan fingerprint density at radius 2 is 1.42 bits per heavy atom. The predicted octanol–water partition coefficient (Wildman–Crippen LogP) is 6.02. The third kappa shape index (κ3) is 3.03. The van der Waals surface area contributed by atoms with Gasteiger partial charge in [-0.05, 0) is 92.7 Å². The molecular formula is C30H27N5O. The van der Waals surface area contributed by atoms with Gasteiger partial charge >= 0.3 is 0 Å². The first-order valence-electron chi connectivity index (χ1n) is 13.1. The van der Waals surface area contributed by atoms with Gasteiger partial charge in [0.05, 0.1) is 22.1 Å². The number of rotatable bonds is 3. The van der Waals surface area contributed by atoms with Crippen LogP contribution in [0, 0.1) is 17.8 Å². The van der Waals surface area contributed by atoms with E-state index in [-0.39, 0.29) is 11.4 Å². The number of nitrogens with zero attached hydrogens (tertiary/aromatic N) is 3. The van der Waals surface area contributed by atoms with Crippen LogP contribution in [-0.2, 0) is 0 Å². The highest BCUT2D eigenvalue weighted by atomic mass is 16.1. The maximum atomic E-state index is 13.3. The quantitative estimate of drug-likeness (QED) is 0.314. The molecule has 9 rings (SSSR count). The first-order chi connectivity index (χ1) is 17.6. The van der Waals surface area contributed by atoms with Crippen molar-refractivity contribution in [2.45, 2.75) is 44.1 Å². The lowest BCUT2D eigenvalue weighted by molar-refractivity contribution is -0.0167. The molecule has 0 atom stereocenters. The molecule has 4 aliphatic rings. The molecule has 0 unspecified atom stereocenters. The molecule has 6 nitrogen and oxygen atoms in total. The molecule has 4 aliphatic carbocycles. The minimum absolute atomic E-state index is 0.0213. The second-order valence-corrected chi connectivity index (χ2v) is 11.3. The van der Waals surface area contributed by atoms with Gasteiger partial charge in [-0.15, -0.1) is 0 Å². The van der Waals surface area contributed by atoms with Gasteiger partial charge in [-0.25, -0.2) is 4.98 Å². The number of carbonyl (C=O) groups excluding carboxylic acids is 1. The Morgan fingerprint density at radius 3 is 2.08 bits per heavy atom. The van der Waals surface area contributed by atoms with Crippen molar-refractivity contribution in [3.63, 3.8) is 0 Å². The molecular weight excluding hydrogens is 446 g/mol. The van der Waals surface area contributed by atoms with Crippen LogP contribution in [-0.4, -0.2) is 31.4 Å². The van der Waals surface area contributed by atoms with Crippen molar-refractivity contribution in [3.8, 4) is 11.4 Å². The van der Waals surface area contributed by atoms with E-state index < -0.39 is 0 Å². The topological polar surface area (TPSA) is 83.6 Å². The van der Waals surface area contributed by atoms with Gasteiger partial charge in [0, 0.05) is 39.8 Å². The molecule has 4 fully saturated rings. The Labute approximate surface area is 208 Å². The number of nitrogens with one attached hydrogen (secondary N) is 2. The molecule has 0 spiro atoms. The summed E-state index contributed by atoms with van der Waals surface area (Å²) in [7, 11) is 0. The molecule has 0 saturated heterocycles.